The minimum Gasteiger partial charge on any atom is -0.381 e. The van der Waals surface area contributed by atoms with Crippen molar-refractivity contribution in [3.63, 3.8) is 0 Å². The van der Waals surface area contributed by atoms with Crippen LogP contribution in [0.3, 0.4) is 0 Å². The van der Waals surface area contributed by atoms with E-state index in [-0.39, 0.29) is 0 Å². The lowest BCUT2D eigenvalue weighted by Gasteiger charge is -2.33. The second-order valence-electron chi connectivity index (χ2n) is 5.17. The number of piperidine rings is 2. The number of ether oxygens (including phenoxy) is 1. The van der Waals surface area contributed by atoms with E-state index in [1.807, 2.05) is 4.90 Å². The Morgan fingerprint density at radius 2 is 2.06 bits per heavy atom. The molecule has 0 aliphatic carbocycles. The zero-order chi connectivity index (χ0) is 12.1. The molecule has 17 heavy (non-hydrogen) atoms. The molecule has 2 fully saturated rings. The van der Waals surface area contributed by atoms with Crippen molar-refractivity contribution in [2.24, 2.45) is 0 Å². The molecule has 0 aromatic rings. The molecular formula is C13H24N2O2. The van der Waals surface area contributed by atoms with E-state index in [1.54, 1.807) is 7.11 Å². The third-order valence-electron chi connectivity index (χ3n) is 3.96. The summed E-state index contributed by atoms with van der Waals surface area (Å²) in [5, 5.41) is 3.44. The van der Waals surface area contributed by atoms with Gasteiger partial charge in [-0.3, -0.25) is 4.79 Å². The van der Waals surface area contributed by atoms with Gasteiger partial charge in [0.25, 0.3) is 0 Å². The summed E-state index contributed by atoms with van der Waals surface area (Å²) in [7, 11) is 1.76. The van der Waals surface area contributed by atoms with Gasteiger partial charge < -0.3 is 15.0 Å². The predicted molar refractivity (Wildman–Crippen MR) is 66.9 cm³/mol. The molecule has 0 saturated carbocycles. The Hall–Kier alpha value is -0.610. The Morgan fingerprint density at radius 1 is 1.29 bits per heavy atom. The van der Waals surface area contributed by atoms with Crippen LogP contribution in [-0.4, -0.2) is 49.7 Å². The molecule has 2 aliphatic rings. The first kappa shape index (κ1) is 12.8. The fourth-order valence-electron chi connectivity index (χ4n) is 2.78. The quantitative estimate of drug-likeness (QED) is 0.805. The second kappa shape index (κ2) is 6.36. The Labute approximate surface area is 104 Å². The summed E-state index contributed by atoms with van der Waals surface area (Å²) in [6, 6.07) is 0.413. The topological polar surface area (TPSA) is 41.6 Å². The highest BCUT2D eigenvalue weighted by Gasteiger charge is 2.24. The molecule has 2 rings (SSSR count). The number of carbonyl (C=O) groups is 1. The van der Waals surface area contributed by atoms with E-state index in [0.29, 0.717) is 24.5 Å². The average Bonchev–Trinajstić information content (AvgIpc) is 2.40. The molecule has 1 atom stereocenters. The first-order valence-electron chi connectivity index (χ1n) is 6.83. The van der Waals surface area contributed by atoms with Crippen molar-refractivity contribution >= 4 is 5.91 Å². The van der Waals surface area contributed by atoms with Crippen LogP contribution in [0.5, 0.6) is 0 Å². The minimum atomic E-state index is 0.318. The van der Waals surface area contributed by atoms with Crippen LogP contribution in [0, 0.1) is 0 Å². The Balaban J connectivity index is 1.72. The Bertz CT molecular complexity index is 244. The van der Waals surface area contributed by atoms with Gasteiger partial charge in [-0.2, -0.15) is 0 Å². The van der Waals surface area contributed by atoms with E-state index in [4.69, 9.17) is 4.74 Å². The molecule has 4 heteroatoms. The molecule has 0 aromatic heterocycles. The van der Waals surface area contributed by atoms with Crippen molar-refractivity contribution in [1.29, 1.82) is 0 Å². The summed E-state index contributed by atoms with van der Waals surface area (Å²) in [5.74, 6) is 0.318. The molecule has 0 bridgehead atoms. The van der Waals surface area contributed by atoms with Gasteiger partial charge >= 0.3 is 0 Å². The maximum Gasteiger partial charge on any atom is 0.224 e. The van der Waals surface area contributed by atoms with Gasteiger partial charge in [0.15, 0.2) is 0 Å². The third kappa shape index (κ3) is 3.68. The SMILES string of the molecule is COC1CCN(C(=O)CC2CCCCN2)CC1. The van der Waals surface area contributed by atoms with Crippen LogP contribution >= 0.6 is 0 Å². The predicted octanol–water partition coefficient (Wildman–Crippen LogP) is 1.16. The van der Waals surface area contributed by atoms with Crippen LogP contribution in [0.4, 0.5) is 0 Å². The van der Waals surface area contributed by atoms with E-state index < -0.39 is 0 Å². The number of hydrogen-bond donors (Lipinski definition) is 1. The molecular weight excluding hydrogens is 216 g/mol. The lowest BCUT2D eigenvalue weighted by molar-refractivity contribution is -0.134. The molecule has 1 N–H and O–H groups in total. The molecule has 1 unspecified atom stereocenters. The molecule has 0 radical (unpaired) electrons. The number of nitrogens with zero attached hydrogens (tertiary/aromatic N) is 1. The van der Waals surface area contributed by atoms with Crippen molar-refractivity contribution in [1.82, 2.24) is 10.2 Å². The summed E-state index contributed by atoms with van der Waals surface area (Å²) in [5.41, 5.74) is 0. The number of rotatable bonds is 3. The number of amides is 1. The number of methoxy groups -OCH3 is 1. The van der Waals surface area contributed by atoms with Gasteiger partial charge in [-0.15, -0.1) is 0 Å². The van der Waals surface area contributed by atoms with E-state index in [9.17, 15) is 4.79 Å². The van der Waals surface area contributed by atoms with E-state index in [0.717, 1.165) is 38.9 Å². The van der Waals surface area contributed by atoms with Crippen LogP contribution in [-0.2, 0) is 9.53 Å². The lowest BCUT2D eigenvalue weighted by Crippen LogP contribution is -2.44. The van der Waals surface area contributed by atoms with Gasteiger partial charge in [-0.1, -0.05) is 6.42 Å². The van der Waals surface area contributed by atoms with Crippen molar-refractivity contribution in [3.05, 3.63) is 0 Å². The average molecular weight is 240 g/mol. The van der Waals surface area contributed by atoms with Crippen molar-refractivity contribution in [3.8, 4) is 0 Å². The van der Waals surface area contributed by atoms with Gasteiger partial charge in [0.1, 0.15) is 0 Å². The maximum atomic E-state index is 12.1. The Morgan fingerprint density at radius 3 is 2.65 bits per heavy atom. The monoisotopic (exact) mass is 240 g/mol. The summed E-state index contributed by atoms with van der Waals surface area (Å²) >= 11 is 0. The van der Waals surface area contributed by atoms with E-state index >= 15 is 0 Å². The van der Waals surface area contributed by atoms with Crippen molar-refractivity contribution in [2.45, 2.75) is 50.7 Å². The summed E-state index contributed by atoms with van der Waals surface area (Å²) < 4.78 is 5.32. The van der Waals surface area contributed by atoms with Crippen LogP contribution in [0.25, 0.3) is 0 Å². The van der Waals surface area contributed by atoms with Crippen molar-refractivity contribution < 1.29 is 9.53 Å². The van der Waals surface area contributed by atoms with E-state index in [1.165, 1.54) is 12.8 Å². The molecule has 2 saturated heterocycles. The fourth-order valence-corrected chi connectivity index (χ4v) is 2.78. The molecule has 2 heterocycles. The van der Waals surface area contributed by atoms with E-state index in [2.05, 4.69) is 5.32 Å². The number of carbonyl (C=O) groups excluding carboxylic acids is 1. The zero-order valence-electron chi connectivity index (χ0n) is 10.8. The highest BCUT2D eigenvalue weighted by molar-refractivity contribution is 5.76. The molecule has 1 amide bonds. The first-order valence-corrected chi connectivity index (χ1v) is 6.83. The standard InChI is InChI=1S/C13H24N2O2/c1-17-12-5-8-15(9-6-12)13(16)10-11-4-2-3-7-14-11/h11-12,14H,2-10H2,1H3. The van der Waals surface area contributed by atoms with Crippen molar-refractivity contribution in [2.75, 3.05) is 26.7 Å². The van der Waals surface area contributed by atoms with Gasteiger partial charge in [-0.25, -0.2) is 0 Å². The highest BCUT2D eigenvalue weighted by Crippen LogP contribution is 2.16. The number of likely N-dealkylation sites (tertiary alicyclic amines) is 1. The highest BCUT2D eigenvalue weighted by atomic mass is 16.5. The van der Waals surface area contributed by atoms with Crippen LogP contribution in [0.15, 0.2) is 0 Å². The largest absolute Gasteiger partial charge is 0.381 e. The second-order valence-corrected chi connectivity index (χ2v) is 5.17. The van der Waals surface area contributed by atoms with Gasteiger partial charge in [-0.05, 0) is 32.2 Å². The third-order valence-corrected chi connectivity index (χ3v) is 3.96. The summed E-state index contributed by atoms with van der Waals surface area (Å²) in [4.78, 5) is 14.1. The first-order chi connectivity index (χ1) is 8.29. The van der Waals surface area contributed by atoms with Gasteiger partial charge in [0.05, 0.1) is 6.10 Å². The minimum absolute atomic E-state index is 0.318. The van der Waals surface area contributed by atoms with Gasteiger partial charge in [0, 0.05) is 32.7 Å². The number of nitrogens with one attached hydrogen (secondary N) is 1. The molecule has 2 aliphatic heterocycles. The van der Waals surface area contributed by atoms with Gasteiger partial charge in [0.2, 0.25) is 5.91 Å². The Kier molecular flexibility index (Phi) is 4.80. The molecule has 0 aromatic carbocycles. The lowest BCUT2D eigenvalue weighted by atomic mass is 10.0. The normalized spacial score (nSPS) is 27.1. The molecule has 98 valence electrons. The summed E-state index contributed by atoms with van der Waals surface area (Å²) in [6.45, 7) is 2.80. The maximum absolute atomic E-state index is 12.1. The molecule has 0 spiro atoms. The smallest absolute Gasteiger partial charge is 0.224 e. The summed E-state index contributed by atoms with van der Waals surface area (Å²) in [6.07, 6.45) is 6.67. The molecule has 4 nitrogen and oxygen atoms in total. The zero-order valence-corrected chi connectivity index (χ0v) is 10.8. The van der Waals surface area contributed by atoms with Crippen LogP contribution in [0.1, 0.15) is 38.5 Å². The van der Waals surface area contributed by atoms with Crippen LogP contribution < -0.4 is 5.32 Å². The fraction of sp³-hybridized carbons (Fsp3) is 0.923. The van der Waals surface area contributed by atoms with Crippen LogP contribution in [0.2, 0.25) is 0 Å². The number of hydrogen-bond acceptors (Lipinski definition) is 3.